The van der Waals surface area contributed by atoms with Crippen LogP contribution in [-0.2, 0) is 13.1 Å². The molecule has 2 amide bonds. The number of aryl methyl sites for hydroxylation is 1. The number of likely N-dealkylation sites (tertiary alicyclic amines) is 1. The molecule has 4 heterocycles. The van der Waals surface area contributed by atoms with Crippen molar-refractivity contribution in [3.8, 4) is 0 Å². The van der Waals surface area contributed by atoms with Gasteiger partial charge < -0.3 is 14.7 Å². The molecule has 3 aliphatic rings. The summed E-state index contributed by atoms with van der Waals surface area (Å²) in [4.78, 5) is 28.2. The summed E-state index contributed by atoms with van der Waals surface area (Å²) in [6.07, 6.45) is 4.73. The van der Waals surface area contributed by atoms with Gasteiger partial charge in [-0.1, -0.05) is 0 Å². The zero-order valence-electron chi connectivity index (χ0n) is 13.2. The first kappa shape index (κ1) is 13.8. The topological polar surface area (TPSA) is 52.6 Å². The number of hydrogen-bond donors (Lipinski definition) is 0. The second-order valence-corrected chi connectivity index (χ2v) is 6.55. The normalized spacial score (nSPS) is 20.9. The summed E-state index contributed by atoms with van der Waals surface area (Å²) in [5.74, 6) is 1.87. The lowest BCUT2D eigenvalue weighted by Crippen LogP contribution is -2.43. The second-order valence-electron chi connectivity index (χ2n) is 6.55. The van der Waals surface area contributed by atoms with Gasteiger partial charge in [0, 0.05) is 31.7 Å². The molecule has 0 N–H and O–H groups in total. The molecule has 3 aliphatic heterocycles. The van der Waals surface area contributed by atoms with E-state index < -0.39 is 0 Å². The Bertz CT molecular complexity index is 592. The van der Waals surface area contributed by atoms with Crippen molar-refractivity contribution < 1.29 is 4.79 Å². The van der Waals surface area contributed by atoms with Crippen LogP contribution in [0.5, 0.6) is 0 Å². The Balaban J connectivity index is 1.55. The number of amides is 2. The van der Waals surface area contributed by atoms with Gasteiger partial charge in [0.1, 0.15) is 11.6 Å². The van der Waals surface area contributed by atoms with Gasteiger partial charge in [0.25, 0.3) is 0 Å². The quantitative estimate of drug-likeness (QED) is 0.795. The molecule has 2 fully saturated rings. The first-order valence-corrected chi connectivity index (χ1v) is 8.37. The zero-order chi connectivity index (χ0) is 15.1. The number of aromatic nitrogens is 2. The predicted molar refractivity (Wildman–Crippen MR) is 83.7 cm³/mol. The summed E-state index contributed by atoms with van der Waals surface area (Å²) in [6, 6.07) is 0.171. The highest BCUT2D eigenvalue weighted by Crippen LogP contribution is 2.32. The Hall–Kier alpha value is -1.85. The molecule has 0 bridgehead atoms. The van der Waals surface area contributed by atoms with E-state index in [1.165, 1.54) is 12.8 Å². The zero-order valence-corrected chi connectivity index (χ0v) is 13.2. The maximum Gasteiger partial charge on any atom is 0.320 e. The molecule has 6 heteroatoms. The number of carbonyl (C=O) groups is 1. The maximum absolute atomic E-state index is 12.7. The highest BCUT2D eigenvalue weighted by Gasteiger charge is 2.33. The summed E-state index contributed by atoms with van der Waals surface area (Å²) in [6.45, 7) is 7.18. The van der Waals surface area contributed by atoms with Crippen LogP contribution in [-0.4, -0.2) is 52.0 Å². The fourth-order valence-electron chi connectivity index (χ4n) is 3.57. The molecule has 118 valence electrons. The van der Waals surface area contributed by atoms with Gasteiger partial charge >= 0.3 is 6.03 Å². The molecule has 0 spiro atoms. The molecule has 0 saturated carbocycles. The Morgan fingerprint density at radius 3 is 2.36 bits per heavy atom. The molecule has 0 aromatic carbocycles. The number of rotatable bonds is 1. The van der Waals surface area contributed by atoms with Crippen molar-refractivity contribution in [3.63, 3.8) is 0 Å². The summed E-state index contributed by atoms with van der Waals surface area (Å²) < 4.78 is 0. The van der Waals surface area contributed by atoms with E-state index in [0.29, 0.717) is 13.1 Å². The van der Waals surface area contributed by atoms with Crippen LogP contribution in [0.15, 0.2) is 0 Å². The minimum absolute atomic E-state index is 0.171. The Morgan fingerprint density at radius 2 is 1.68 bits per heavy atom. The van der Waals surface area contributed by atoms with Gasteiger partial charge in [0.2, 0.25) is 0 Å². The summed E-state index contributed by atoms with van der Waals surface area (Å²) in [5.41, 5.74) is 2.20. The van der Waals surface area contributed by atoms with E-state index in [1.807, 2.05) is 16.7 Å². The number of anilines is 1. The van der Waals surface area contributed by atoms with E-state index in [4.69, 9.17) is 0 Å². The number of hydrogen-bond acceptors (Lipinski definition) is 4. The molecule has 6 nitrogen and oxygen atoms in total. The molecule has 0 unspecified atom stereocenters. The van der Waals surface area contributed by atoms with Crippen LogP contribution in [0.4, 0.5) is 10.6 Å². The molecule has 1 aromatic rings. The first-order chi connectivity index (χ1) is 10.7. The molecule has 2 saturated heterocycles. The van der Waals surface area contributed by atoms with E-state index >= 15 is 0 Å². The van der Waals surface area contributed by atoms with Crippen molar-refractivity contribution in [1.82, 2.24) is 19.8 Å². The standard InChI is InChI=1S/C16H23N5O/c1-12-17-14-11-21(16(22)20-6-3-2-4-7-20)10-13(14)15(18-12)19-8-5-9-19/h2-11H2,1H3. The van der Waals surface area contributed by atoms with Crippen LogP contribution in [0.1, 0.15) is 42.8 Å². The van der Waals surface area contributed by atoms with Crippen molar-refractivity contribution in [2.24, 2.45) is 0 Å². The second kappa shape index (κ2) is 5.41. The molecular weight excluding hydrogens is 278 g/mol. The fourth-order valence-corrected chi connectivity index (χ4v) is 3.57. The van der Waals surface area contributed by atoms with Crippen LogP contribution < -0.4 is 4.90 Å². The molecule has 22 heavy (non-hydrogen) atoms. The lowest BCUT2D eigenvalue weighted by molar-refractivity contribution is 0.143. The van der Waals surface area contributed by atoms with Crippen LogP contribution in [0.2, 0.25) is 0 Å². The number of urea groups is 1. The minimum atomic E-state index is 0.171. The lowest BCUT2D eigenvalue weighted by Gasteiger charge is -2.33. The monoisotopic (exact) mass is 301 g/mol. The van der Waals surface area contributed by atoms with E-state index in [-0.39, 0.29) is 6.03 Å². The van der Waals surface area contributed by atoms with Crippen LogP contribution in [0, 0.1) is 6.92 Å². The smallest absolute Gasteiger partial charge is 0.320 e. The van der Waals surface area contributed by atoms with E-state index in [0.717, 1.165) is 61.9 Å². The van der Waals surface area contributed by atoms with Crippen molar-refractivity contribution >= 4 is 11.8 Å². The average molecular weight is 301 g/mol. The Labute approximate surface area is 131 Å². The summed E-state index contributed by atoms with van der Waals surface area (Å²) in [7, 11) is 0. The van der Waals surface area contributed by atoms with Crippen molar-refractivity contribution in [2.45, 2.75) is 45.7 Å². The van der Waals surface area contributed by atoms with E-state index in [1.54, 1.807) is 0 Å². The van der Waals surface area contributed by atoms with E-state index in [9.17, 15) is 4.79 Å². The number of nitrogens with zero attached hydrogens (tertiary/aromatic N) is 5. The largest absolute Gasteiger partial charge is 0.356 e. The third-order valence-electron chi connectivity index (χ3n) is 4.93. The molecule has 1 aromatic heterocycles. The van der Waals surface area contributed by atoms with Gasteiger partial charge in [-0.2, -0.15) is 0 Å². The SMILES string of the molecule is Cc1nc2c(c(N3CCC3)n1)CN(C(=O)N1CCCCC1)C2. The van der Waals surface area contributed by atoms with Gasteiger partial charge in [0.15, 0.2) is 0 Å². The number of fused-ring (bicyclic) bond motifs is 1. The van der Waals surface area contributed by atoms with Crippen molar-refractivity contribution in [3.05, 3.63) is 17.1 Å². The third kappa shape index (κ3) is 2.30. The fraction of sp³-hybridized carbons (Fsp3) is 0.688. The van der Waals surface area contributed by atoms with Gasteiger partial charge in [-0.25, -0.2) is 14.8 Å². The average Bonchev–Trinajstić information content (AvgIpc) is 2.89. The van der Waals surface area contributed by atoms with E-state index in [2.05, 4.69) is 14.9 Å². The number of carbonyl (C=O) groups excluding carboxylic acids is 1. The first-order valence-electron chi connectivity index (χ1n) is 8.37. The highest BCUT2D eigenvalue weighted by atomic mass is 16.2. The third-order valence-corrected chi connectivity index (χ3v) is 4.93. The molecule has 4 rings (SSSR count). The molecule has 0 radical (unpaired) electrons. The van der Waals surface area contributed by atoms with Gasteiger partial charge in [-0.05, 0) is 32.6 Å². The minimum Gasteiger partial charge on any atom is -0.356 e. The van der Waals surface area contributed by atoms with Crippen molar-refractivity contribution in [2.75, 3.05) is 31.1 Å². The highest BCUT2D eigenvalue weighted by molar-refractivity contribution is 5.76. The summed E-state index contributed by atoms with van der Waals surface area (Å²) in [5, 5.41) is 0. The molecule has 0 atom stereocenters. The molecular formula is C16H23N5O. The van der Waals surface area contributed by atoms with Gasteiger partial charge in [-0.15, -0.1) is 0 Å². The van der Waals surface area contributed by atoms with Gasteiger partial charge in [0.05, 0.1) is 18.8 Å². The van der Waals surface area contributed by atoms with Crippen LogP contribution in [0.3, 0.4) is 0 Å². The van der Waals surface area contributed by atoms with Crippen LogP contribution in [0.25, 0.3) is 0 Å². The summed E-state index contributed by atoms with van der Waals surface area (Å²) >= 11 is 0. The Kier molecular flexibility index (Phi) is 3.39. The Morgan fingerprint density at radius 1 is 0.909 bits per heavy atom. The maximum atomic E-state index is 12.7. The molecule has 0 aliphatic carbocycles. The van der Waals surface area contributed by atoms with Gasteiger partial charge in [-0.3, -0.25) is 0 Å². The number of piperidine rings is 1. The van der Waals surface area contributed by atoms with Crippen molar-refractivity contribution in [1.29, 1.82) is 0 Å². The van der Waals surface area contributed by atoms with Crippen LogP contribution >= 0.6 is 0 Å². The lowest BCUT2D eigenvalue weighted by atomic mass is 10.1. The predicted octanol–water partition coefficient (Wildman–Crippen LogP) is 1.92.